The fourth-order valence-corrected chi connectivity index (χ4v) is 5.97. The van der Waals surface area contributed by atoms with Gasteiger partial charge in [0.25, 0.3) is 5.91 Å². The Morgan fingerprint density at radius 3 is 2.15 bits per heavy atom. The van der Waals surface area contributed by atoms with Gasteiger partial charge in [0.1, 0.15) is 0 Å². The summed E-state index contributed by atoms with van der Waals surface area (Å²) in [5.41, 5.74) is 0. The molecule has 0 aliphatic carbocycles. The third-order valence-corrected chi connectivity index (χ3v) is 7.85. The minimum Gasteiger partial charge on any atom is -0.335 e. The molecule has 0 saturated carbocycles. The van der Waals surface area contributed by atoms with Gasteiger partial charge in [-0.05, 0) is 25.5 Å². The Morgan fingerprint density at radius 1 is 1.04 bits per heavy atom. The molecule has 0 aromatic heterocycles. The quantitative estimate of drug-likeness (QED) is 0.808. The van der Waals surface area contributed by atoms with Gasteiger partial charge in [0.15, 0.2) is 6.04 Å². The van der Waals surface area contributed by atoms with Crippen molar-refractivity contribution in [2.75, 3.05) is 39.3 Å². The Balaban J connectivity index is 1.59. The van der Waals surface area contributed by atoms with E-state index < -0.39 is 10.0 Å². The molecule has 2 aliphatic rings. The zero-order valence-corrected chi connectivity index (χ0v) is 17.4. The van der Waals surface area contributed by atoms with Crippen molar-refractivity contribution in [3.63, 3.8) is 0 Å². The normalized spacial score (nSPS) is 28.7. The van der Waals surface area contributed by atoms with Crippen LogP contribution in [0.15, 0.2) is 35.2 Å². The second kappa shape index (κ2) is 8.29. The molecule has 150 valence electrons. The van der Waals surface area contributed by atoms with Crippen molar-refractivity contribution < 1.29 is 18.1 Å². The van der Waals surface area contributed by atoms with E-state index in [-0.39, 0.29) is 11.9 Å². The Morgan fingerprint density at radius 2 is 1.59 bits per heavy atom. The maximum Gasteiger partial charge on any atom is 0.280 e. The van der Waals surface area contributed by atoms with Crippen molar-refractivity contribution in [1.29, 1.82) is 0 Å². The van der Waals surface area contributed by atoms with Crippen molar-refractivity contribution in [3.05, 3.63) is 30.3 Å². The van der Waals surface area contributed by atoms with Crippen LogP contribution < -0.4 is 4.90 Å². The molecule has 7 heteroatoms. The largest absolute Gasteiger partial charge is 0.335 e. The van der Waals surface area contributed by atoms with Crippen LogP contribution in [0.4, 0.5) is 0 Å². The Bertz CT molecular complexity index is 735. The van der Waals surface area contributed by atoms with Gasteiger partial charge in [-0.25, -0.2) is 8.42 Å². The molecule has 2 heterocycles. The summed E-state index contributed by atoms with van der Waals surface area (Å²) < 4.78 is 27.0. The smallest absolute Gasteiger partial charge is 0.280 e. The lowest BCUT2D eigenvalue weighted by molar-refractivity contribution is -0.926. The fraction of sp³-hybridized carbons (Fsp3) is 0.650. The van der Waals surface area contributed by atoms with Gasteiger partial charge < -0.3 is 9.80 Å². The van der Waals surface area contributed by atoms with E-state index in [4.69, 9.17) is 0 Å². The van der Waals surface area contributed by atoms with Crippen molar-refractivity contribution in [3.8, 4) is 0 Å². The first-order chi connectivity index (χ1) is 12.8. The molecule has 1 amide bonds. The number of nitrogens with one attached hydrogen (secondary N) is 1. The molecule has 0 bridgehead atoms. The monoisotopic (exact) mass is 394 g/mol. The lowest BCUT2D eigenvalue weighted by Crippen LogP contribution is -3.18. The number of piperazine rings is 1. The Hall–Kier alpha value is -1.44. The molecule has 0 unspecified atom stereocenters. The van der Waals surface area contributed by atoms with Crippen LogP contribution in [0.5, 0.6) is 0 Å². The highest BCUT2D eigenvalue weighted by Crippen LogP contribution is 2.18. The van der Waals surface area contributed by atoms with Gasteiger partial charge in [-0.1, -0.05) is 32.0 Å². The summed E-state index contributed by atoms with van der Waals surface area (Å²) in [5.74, 6) is 1.45. The second-order valence-electron chi connectivity index (χ2n) is 8.28. The highest BCUT2D eigenvalue weighted by Gasteiger charge is 2.37. The summed E-state index contributed by atoms with van der Waals surface area (Å²) in [6.45, 7) is 10.3. The van der Waals surface area contributed by atoms with Gasteiger partial charge in [-0.2, -0.15) is 4.31 Å². The van der Waals surface area contributed by atoms with Crippen LogP contribution >= 0.6 is 0 Å². The maximum atomic E-state index is 13.0. The third-order valence-electron chi connectivity index (χ3n) is 5.94. The highest BCUT2D eigenvalue weighted by molar-refractivity contribution is 7.89. The van der Waals surface area contributed by atoms with E-state index >= 15 is 0 Å². The Kier molecular flexibility index (Phi) is 6.23. The van der Waals surface area contributed by atoms with Gasteiger partial charge in [0.05, 0.1) is 18.0 Å². The number of nitrogens with zero attached hydrogens (tertiary/aromatic N) is 2. The van der Waals surface area contributed by atoms with Crippen molar-refractivity contribution in [2.24, 2.45) is 11.8 Å². The van der Waals surface area contributed by atoms with Crippen LogP contribution in [0.25, 0.3) is 0 Å². The molecular formula is C20H32N3O3S+. The number of quaternary nitrogens is 1. The van der Waals surface area contributed by atoms with E-state index in [0.29, 0.717) is 42.9 Å². The van der Waals surface area contributed by atoms with Gasteiger partial charge >= 0.3 is 0 Å². The van der Waals surface area contributed by atoms with Crippen LogP contribution in [0, 0.1) is 11.8 Å². The first kappa shape index (κ1) is 20.3. The lowest BCUT2D eigenvalue weighted by atomic mass is 9.91. The number of carbonyl (C=O) groups is 1. The first-order valence-electron chi connectivity index (χ1n) is 9.97. The van der Waals surface area contributed by atoms with Gasteiger partial charge in [-0.3, -0.25) is 4.79 Å². The summed E-state index contributed by atoms with van der Waals surface area (Å²) in [6.07, 6.45) is 1.24. The summed E-state index contributed by atoms with van der Waals surface area (Å²) >= 11 is 0. The second-order valence-corrected chi connectivity index (χ2v) is 10.2. The van der Waals surface area contributed by atoms with Crippen LogP contribution in [-0.4, -0.2) is 68.8 Å². The van der Waals surface area contributed by atoms with Gasteiger partial charge in [0.2, 0.25) is 10.0 Å². The van der Waals surface area contributed by atoms with Crippen LogP contribution in [-0.2, 0) is 14.8 Å². The molecule has 2 aliphatic heterocycles. The lowest BCUT2D eigenvalue weighted by Gasteiger charge is -2.39. The molecule has 2 saturated heterocycles. The van der Waals surface area contributed by atoms with E-state index in [1.54, 1.807) is 24.3 Å². The number of piperidine rings is 1. The topological polar surface area (TPSA) is 62.1 Å². The van der Waals surface area contributed by atoms with Crippen LogP contribution in [0.1, 0.15) is 27.2 Å². The number of carbonyl (C=O) groups excluding carboxylic acids is 1. The molecule has 0 spiro atoms. The Labute approximate surface area is 163 Å². The van der Waals surface area contributed by atoms with E-state index in [0.717, 1.165) is 13.1 Å². The SMILES string of the molecule is C[C@H]1C[C@H](C)C[NH+]([C@@H](C)C(=O)N2CCN(S(=O)(=O)c3ccccc3)CC2)C1. The minimum atomic E-state index is -3.48. The van der Waals surface area contributed by atoms with E-state index in [1.807, 2.05) is 17.9 Å². The zero-order chi connectivity index (χ0) is 19.6. The molecule has 2 fully saturated rings. The number of hydrogen-bond acceptors (Lipinski definition) is 3. The standard InChI is InChI=1S/C20H31N3O3S/c1-16-13-17(2)15-22(14-16)18(3)20(24)21-9-11-23(12-10-21)27(25,26)19-7-5-4-6-8-19/h4-8,16-18H,9-15H2,1-3H3/p+1/t16-,17-,18-/m0/s1. The van der Waals surface area contributed by atoms with Crippen molar-refractivity contribution in [2.45, 2.75) is 38.1 Å². The molecule has 1 aromatic carbocycles. The molecule has 1 N–H and O–H groups in total. The molecule has 0 radical (unpaired) electrons. The van der Waals surface area contributed by atoms with Gasteiger partial charge in [0, 0.05) is 38.0 Å². The minimum absolute atomic E-state index is 0.0625. The number of benzene rings is 1. The fourth-order valence-electron chi connectivity index (χ4n) is 4.52. The predicted molar refractivity (Wildman–Crippen MR) is 105 cm³/mol. The molecule has 3 atom stereocenters. The maximum absolute atomic E-state index is 13.0. The van der Waals surface area contributed by atoms with Crippen LogP contribution in [0.3, 0.4) is 0 Å². The van der Waals surface area contributed by atoms with E-state index in [9.17, 15) is 13.2 Å². The van der Waals surface area contributed by atoms with E-state index in [2.05, 4.69) is 13.8 Å². The summed E-state index contributed by atoms with van der Waals surface area (Å²) in [4.78, 5) is 16.5. The summed E-state index contributed by atoms with van der Waals surface area (Å²) in [6, 6.07) is 8.46. The number of rotatable bonds is 4. The average molecular weight is 395 g/mol. The first-order valence-corrected chi connectivity index (χ1v) is 11.4. The molecule has 3 rings (SSSR count). The highest BCUT2D eigenvalue weighted by atomic mass is 32.2. The molecule has 1 aromatic rings. The van der Waals surface area contributed by atoms with Gasteiger partial charge in [-0.15, -0.1) is 0 Å². The van der Waals surface area contributed by atoms with E-state index in [1.165, 1.54) is 15.6 Å². The third kappa shape index (κ3) is 4.52. The number of amides is 1. The number of likely N-dealkylation sites (tertiary alicyclic amines) is 1. The molecular weight excluding hydrogens is 362 g/mol. The molecule has 27 heavy (non-hydrogen) atoms. The number of sulfonamides is 1. The molecule has 6 nitrogen and oxygen atoms in total. The zero-order valence-electron chi connectivity index (χ0n) is 16.6. The summed E-state index contributed by atoms with van der Waals surface area (Å²) in [5, 5.41) is 0. The summed E-state index contributed by atoms with van der Waals surface area (Å²) in [7, 11) is -3.48. The van der Waals surface area contributed by atoms with Crippen molar-refractivity contribution >= 4 is 15.9 Å². The van der Waals surface area contributed by atoms with Crippen molar-refractivity contribution in [1.82, 2.24) is 9.21 Å². The van der Waals surface area contributed by atoms with Crippen LogP contribution in [0.2, 0.25) is 0 Å². The average Bonchev–Trinajstić information content (AvgIpc) is 2.67. The predicted octanol–water partition coefficient (Wildman–Crippen LogP) is 0.469. The number of hydrogen-bond donors (Lipinski definition) is 1.